The van der Waals surface area contributed by atoms with E-state index in [1.54, 1.807) is 12.1 Å². The third-order valence-corrected chi connectivity index (χ3v) is 6.43. The molecule has 1 fully saturated rings. The Kier molecular flexibility index (Phi) is 6.48. The summed E-state index contributed by atoms with van der Waals surface area (Å²) in [7, 11) is -4.14. The predicted molar refractivity (Wildman–Crippen MR) is 102 cm³/mol. The molecular weight excluding hydrogens is 425 g/mol. The van der Waals surface area contributed by atoms with Crippen molar-refractivity contribution in [1.29, 1.82) is 0 Å². The second-order valence-corrected chi connectivity index (χ2v) is 8.36. The summed E-state index contributed by atoms with van der Waals surface area (Å²) in [5, 5.41) is 0.194. The van der Waals surface area contributed by atoms with Crippen molar-refractivity contribution in [2.24, 2.45) is 0 Å². The molecule has 2 amide bonds. The van der Waals surface area contributed by atoms with Crippen LogP contribution in [-0.2, 0) is 14.8 Å². The summed E-state index contributed by atoms with van der Waals surface area (Å²) < 4.78 is 45.8. The molecule has 0 radical (unpaired) electrons. The number of nitrogens with one attached hydrogen (secondary N) is 2. The Labute approximate surface area is 171 Å². The molecule has 0 atom stereocenters. The molecule has 0 unspecified atom stereocenters. The Hall–Kier alpha value is -2.53. The lowest BCUT2D eigenvalue weighted by molar-refractivity contribution is 0.0729. The van der Waals surface area contributed by atoms with Crippen LogP contribution in [0.15, 0.2) is 47.4 Å². The van der Waals surface area contributed by atoms with Crippen molar-refractivity contribution in [2.45, 2.75) is 4.90 Å². The van der Waals surface area contributed by atoms with Crippen LogP contribution in [0.2, 0.25) is 5.02 Å². The Bertz CT molecular complexity index is 1040. The zero-order valence-corrected chi connectivity index (χ0v) is 16.6. The largest absolute Gasteiger partial charge is 0.379 e. The fourth-order valence-electron chi connectivity index (χ4n) is 2.67. The molecule has 8 nitrogen and oxygen atoms in total. The van der Waals surface area contributed by atoms with Crippen LogP contribution in [0.1, 0.15) is 20.7 Å². The highest BCUT2D eigenvalue weighted by Gasteiger charge is 2.29. The van der Waals surface area contributed by atoms with Crippen LogP contribution in [0.5, 0.6) is 0 Å². The second-order valence-electron chi connectivity index (χ2n) is 6.05. The van der Waals surface area contributed by atoms with E-state index < -0.39 is 32.6 Å². The number of carbonyl (C=O) groups excluding carboxylic acids is 2. The molecule has 0 aromatic heterocycles. The standard InChI is InChI=1S/C18H17ClFN3O5S/c19-14-4-2-1-3-13(14)18(25)22-21-17(24)12-5-6-15(20)16(11-12)29(26,27)23-7-9-28-10-8-23/h1-6,11H,7-10H2,(H,21,24)(H,22,25). The minimum Gasteiger partial charge on any atom is -0.379 e. The van der Waals surface area contributed by atoms with Gasteiger partial charge in [0.2, 0.25) is 10.0 Å². The maximum absolute atomic E-state index is 14.2. The molecule has 2 N–H and O–H groups in total. The number of rotatable bonds is 4. The van der Waals surface area contributed by atoms with Gasteiger partial charge in [0.1, 0.15) is 10.7 Å². The van der Waals surface area contributed by atoms with Crippen molar-refractivity contribution in [1.82, 2.24) is 15.2 Å². The summed E-state index contributed by atoms with van der Waals surface area (Å²) in [6.07, 6.45) is 0. The first-order valence-corrected chi connectivity index (χ1v) is 10.3. The average molecular weight is 442 g/mol. The molecule has 2 aromatic rings. The Balaban J connectivity index is 1.76. The summed E-state index contributed by atoms with van der Waals surface area (Å²) in [4.78, 5) is 23.8. The van der Waals surface area contributed by atoms with Crippen LogP contribution in [-0.4, -0.2) is 50.8 Å². The van der Waals surface area contributed by atoms with E-state index >= 15 is 0 Å². The highest BCUT2D eigenvalue weighted by atomic mass is 35.5. The van der Waals surface area contributed by atoms with Crippen molar-refractivity contribution in [3.63, 3.8) is 0 Å². The molecule has 29 heavy (non-hydrogen) atoms. The third kappa shape index (κ3) is 4.73. The molecule has 0 aliphatic carbocycles. The van der Waals surface area contributed by atoms with Crippen LogP contribution in [0.3, 0.4) is 0 Å². The molecule has 0 spiro atoms. The van der Waals surface area contributed by atoms with Crippen LogP contribution < -0.4 is 10.9 Å². The van der Waals surface area contributed by atoms with Crippen molar-refractivity contribution < 1.29 is 27.1 Å². The topological polar surface area (TPSA) is 105 Å². The highest BCUT2D eigenvalue weighted by Crippen LogP contribution is 2.22. The number of benzene rings is 2. The number of ether oxygens (including phenoxy) is 1. The van der Waals surface area contributed by atoms with Gasteiger partial charge in [-0.2, -0.15) is 4.31 Å². The lowest BCUT2D eigenvalue weighted by Gasteiger charge is -2.26. The van der Waals surface area contributed by atoms with Crippen molar-refractivity contribution in [3.05, 3.63) is 64.4 Å². The van der Waals surface area contributed by atoms with Crippen LogP contribution in [0.25, 0.3) is 0 Å². The number of hydrogen-bond acceptors (Lipinski definition) is 5. The van der Waals surface area contributed by atoms with Gasteiger partial charge >= 0.3 is 0 Å². The normalized spacial score (nSPS) is 15.0. The molecule has 0 bridgehead atoms. The molecule has 1 aliphatic rings. The molecule has 1 heterocycles. The number of hydrogen-bond donors (Lipinski definition) is 2. The molecule has 1 aliphatic heterocycles. The first kappa shape index (κ1) is 21.2. The number of halogens is 2. The lowest BCUT2D eigenvalue weighted by atomic mass is 10.2. The molecule has 1 saturated heterocycles. The van der Waals surface area contributed by atoms with Crippen molar-refractivity contribution in [3.8, 4) is 0 Å². The summed E-state index contributed by atoms with van der Waals surface area (Å²) in [6.45, 7) is 0.586. The van der Waals surface area contributed by atoms with Gasteiger partial charge in [0.05, 0.1) is 23.8 Å². The minimum absolute atomic E-state index is 0.0894. The first-order valence-electron chi connectivity index (χ1n) is 8.53. The summed E-state index contributed by atoms with van der Waals surface area (Å²) in [5.41, 5.74) is 4.34. The summed E-state index contributed by atoms with van der Waals surface area (Å²) >= 11 is 5.92. The van der Waals surface area contributed by atoms with Gasteiger partial charge < -0.3 is 4.74 Å². The zero-order chi connectivity index (χ0) is 21.0. The van der Waals surface area contributed by atoms with E-state index in [0.717, 1.165) is 22.5 Å². The van der Waals surface area contributed by atoms with E-state index in [-0.39, 0.29) is 42.5 Å². The van der Waals surface area contributed by atoms with Gasteiger partial charge in [-0.3, -0.25) is 20.4 Å². The summed E-state index contributed by atoms with van der Waals surface area (Å²) in [5.74, 6) is -2.45. The summed E-state index contributed by atoms with van der Waals surface area (Å²) in [6, 6.07) is 9.16. The molecule has 0 saturated carbocycles. The van der Waals surface area contributed by atoms with Gasteiger partial charge in [-0.25, -0.2) is 12.8 Å². The maximum Gasteiger partial charge on any atom is 0.271 e. The zero-order valence-electron chi connectivity index (χ0n) is 15.0. The average Bonchev–Trinajstić information content (AvgIpc) is 2.73. The SMILES string of the molecule is O=C(NNC(=O)c1ccccc1Cl)c1ccc(F)c(S(=O)(=O)N2CCOCC2)c1. The van der Waals surface area contributed by atoms with Crippen LogP contribution in [0.4, 0.5) is 4.39 Å². The monoisotopic (exact) mass is 441 g/mol. The fraction of sp³-hybridized carbons (Fsp3) is 0.222. The fourth-order valence-corrected chi connectivity index (χ4v) is 4.39. The maximum atomic E-state index is 14.2. The molecular formula is C18H17ClFN3O5S. The van der Waals surface area contributed by atoms with Gasteiger partial charge in [0, 0.05) is 18.7 Å². The molecule has 2 aromatic carbocycles. The third-order valence-electron chi connectivity index (χ3n) is 4.19. The van der Waals surface area contributed by atoms with E-state index in [2.05, 4.69) is 10.9 Å². The van der Waals surface area contributed by atoms with E-state index in [9.17, 15) is 22.4 Å². The van der Waals surface area contributed by atoms with Gasteiger partial charge in [-0.05, 0) is 30.3 Å². The van der Waals surface area contributed by atoms with Crippen molar-refractivity contribution in [2.75, 3.05) is 26.3 Å². The Morgan fingerprint density at radius 1 is 1.03 bits per heavy atom. The molecule has 11 heteroatoms. The van der Waals surface area contributed by atoms with Crippen LogP contribution >= 0.6 is 11.6 Å². The Morgan fingerprint density at radius 3 is 2.38 bits per heavy atom. The number of hydrazine groups is 1. The first-order chi connectivity index (χ1) is 13.8. The quantitative estimate of drug-likeness (QED) is 0.701. The Morgan fingerprint density at radius 2 is 1.69 bits per heavy atom. The molecule has 154 valence electrons. The van der Waals surface area contributed by atoms with Crippen molar-refractivity contribution >= 4 is 33.4 Å². The highest BCUT2D eigenvalue weighted by molar-refractivity contribution is 7.89. The minimum atomic E-state index is -4.14. The lowest BCUT2D eigenvalue weighted by Crippen LogP contribution is -2.42. The van der Waals surface area contributed by atoms with E-state index in [0.29, 0.717) is 0 Å². The van der Waals surface area contributed by atoms with Gasteiger partial charge in [0.15, 0.2) is 0 Å². The number of nitrogens with zero attached hydrogens (tertiary/aromatic N) is 1. The predicted octanol–water partition coefficient (Wildman–Crippen LogP) is 1.57. The van der Waals surface area contributed by atoms with E-state index in [1.807, 2.05) is 0 Å². The number of carbonyl (C=O) groups is 2. The smallest absolute Gasteiger partial charge is 0.271 e. The molecule has 3 rings (SSSR count). The van der Waals surface area contributed by atoms with Gasteiger partial charge in [-0.1, -0.05) is 23.7 Å². The number of sulfonamides is 1. The number of amides is 2. The van der Waals surface area contributed by atoms with Gasteiger partial charge in [-0.15, -0.1) is 0 Å². The second kappa shape index (κ2) is 8.87. The van der Waals surface area contributed by atoms with E-state index in [4.69, 9.17) is 16.3 Å². The van der Waals surface area contributed by atoms with Gasteiger partial charge in [0.25, 0.3) is 11.8 Å². The van der Waals surface area contributed by atoms with Crippen LogP contribution in [0, 0.1) is 5.82 Å². The number of morpholine rings is 1. The van der Waals surface area contributed by atoms with E-state index in [1.165, 1.54) is 12.1 Å².